The predicted octanol–water partition coefficient (Wildman–Crippen LogP) is 2.40. The minimum Gasteiger partial charge on any atom is -0.337 e. The number of aromatic nitrogens is 1. The van der Waals surface area contributed by atoms with Crippen LogP contribution in [0.5, 0.6) is 0 Å². The first-order chi connectivity index (χ1) is 8.13. The van der Waals surface area contributed by atoms with E-state index in [1.807, 2.05) is 36.9 Å². The van der Waals surface area contributed by atoms with Crippen molar-refractivity contribution in [3.05, 3.63) is 30.1 Å². The van der Waals surface area contributed by atoms with Crippen molar-refractivity contribution < 1.29 is 4.79 Å². The summed E-state index contributed by atoms with van der Waals surface area (Å²) < 4.78 is 0. The molecule has 1 aromatic heterocycles. The summed E-state index contributed by atoms with van der Waals surface area (Å²) in [5.74, 6) is 0.149. The van der Waals surface area contributed by atoms with Crippen LogP contribution in [0.2, 0.25) is 0 Å². The zero-order chi connectivity index (χ0) is 12.7. The maximum absolute atomic E-state index is 11.9. The summed E-state index contributed by atoms with van der Waals surface area (Å²) in [6.07, 6.45) is 2.99. The molecule has 0 saturated carbocycles. The molecule has 0 spiro atoms. The van der Waals surface area contributed by atoms with E-state index in [9.17, 15) is 4.79 Å². The van der Waals surface area contributed by atoms with Gasteiger partial charge in [0.2, 0.25) is 5.91 Å². The first-order valence-electron chi connectivity index (χ1n) is 6.06. The van der Waals surface area contributed by atoms with Gasteiger partial charge in [-0.25, -0.2) is 0 Å². The second-order valence-electron chi connectivity index (χ2n) is 4.24. The second-order valence-corrected chi connectivity index (χ2v) is 4.24. The Morgan fingerprint density at radius 3 is 2.58 bits per heavy atom. The van der Waals surface area contributed by atoms with Crippen LogP contribution < -0.4 is 5.73 Å². The van der Waals surface area contributed by atoms with Gasteiger partial charge in [0.15, 0.2) is 0 Å². The van der Waals surface area contributed by atoms with Gasteiger partial charge in [-0.15, -0.1) is 24.8 Å². The van der Waals surface area contributed by atoms with E-state index in [1.54, 1.807) is 6.20 Å². The van der Waals surface area contributed by atoms with Gasteiger partial charge in [0.05, 0.1) is 12.2 Å². The normalized spacial score (nSPS) is 10.9. The molecule has 1 heterocycles. The number of nitrogens with two attached hydrogens (primary N) is 1. The number of nitrogens with zero attached hydrogens (tertiary/aromatic N) is 2. The summed E-state index contributed by atoms with van der Waals surface area (Å²) >= 11 is 0. The molecule has 0 bridgehead atoms. The first-order valence-corrected chi connectivity index (χ1v) is 6.06. The van der Waals surface area contributed by atoms with Crippen LogP contribution in [0.25, 0.3) is 0 Å². The number of hydrogen-bond donors (Lipinski definition) is 1. The van der Waals surface area contributed by atoms with Crippen LogP contribution in [0.4, 0.5) is 0 Å². The van der Waals surface area contributed by atoms with Crippen LogP contribution in [0.3, 0.4) is 0 Å². The van der Waals surface area contributed by atoms with Crippen LogP contribution in [0.1, 0.15) is 32.4 Å². The maximum atomic E-state index is 11.9. The number of rotatable bonds is 6. The first kappa shape index (κ1) is 20.5. The summed E-state index contributed by atoms with van der Waals surface area (Å²) in [7, 11) is 0. The lowest BCUT2D eigenvalue weighted by Gasteiger charge is -2.20. The van der Waals surface area contributed by atoms with E-state index in [2.05, 4.69) is 4.98 Å². The van der Waals surface area contributed by atoms with Gasteiger partial charge in [0, 0.05) is 25.2 Å². The third-order valence-electron chi connectivity index (χ3n) is 2.63. The van der Waals surface area contributed by atoms with E-state index in [-0.39, 0.29) is 36.8 Å². The van der Waals surface area contributed by atoms with E-state index in [0.29, 0.717) is 19.5 Å². The Hall–Kier alpha value is -0.840. The van der Waals surface area contributed by atoms with E-state index in [4.69, 9.17) is 5.73 Å². The SMILES string of the molecule is CCN(Cc1ccccn1)C(=O)CCC(C)N.Cl.Cl. The average Bonchev–Trinajstić information content (AvgIpc) is 2.34. The van der Waals surface area contributed by atoms with Crippen molar-refractivity contribution in [2.75, 3.05) is 6.54 Å². The molecule has 19 heavy (non-hydrogen) atoms. The molecule has 1 atom stereocenters. The van der Waals surface area contributed by atoms with Gasteiger partial charge in [-0.05, 0) is 32.4 Å². The fourth-order valence-corrected chi connectivity index (χ4v) is 1.57. The van der Waals surface area contributed by atoms with Gasteiger partial charge >= 0.3 is 0 Å². The number of amides is 1. The fraction of sp³-hybridized carbons (Fsp3) is 0.538. The van der Waals surface area contributed by atoms with Crippen LogP contribution in [-0.2, 0) is 11.3 Å². The topological polar surface area (TPSA) is 59.2 Å². The van der Waals surface area contributed by atoms with Gasteiger partial charge in [-0.1, -0.05) is 6.07 Å². The quantitative estimate of drug-likeness (QED) is 0.878. The van der Waals surface area contributed by atoms with E-state index in [1.165, 1.54) is 0 Å². The van der Waals surface area contributed by atoms with Gasteiger partial charge < -0.3 is 10.6 Å². The van der Waals surface area contributed by atoms with Gasteiger partial charge in [-0.3, -0.25) is 9.78 Å². The third-order valence-corrected chi connectivity index (χ3v) is 2.63. The number of carbonyl (C=O) groups excluding carboxylic acids is 1. The number of hydrogen-bond acceptors (Lipinski definition) is 3. The molecular formula is C13H23Cl2N3O. The van der Waals surface area contributed by atoms with Crippen molar-refractivity contribution >= 4 is 30.7 Å². The van der Waals surface area contributed by atoms with E-state index in [0.717, 1.165) is 12.1 Å². The molecule has 1 unspecified atom stereocenters. The lowest BCUT2D eigenvalue weighted by molar-refractivity contribution is -0.131. The molecular weight excluding hydrogens is 285 g/mol. The minimum absolute atomic E-state index is 0. The maximum Gasteiger partial charge on any atom is 0.222 e. The smallest absolute Gasteiger partial charge is 0.222 e. The molecule has 4 nitrogen and oxygen atoms in total. The summed E-state index contributed by atoms with van der Waals surface area (Å²) in [5.41, 5.74) is 6.57. The number of halogens is 2. The van der Waals surface area contributed by atoms with Crippen LogP contribution in [-0.4, -0.2) is 28.4 Å². The number of carbonyl (C=O) groups is 1. The summed E-state index contributed by atoms with van der Waals surface area (Å²) in [4.78, 5) is 18.0. The van der Waals surface area contributed by atoms with Crippen LogP contribution >= 0.6 is 24.8 Å². The molecule has 2 N–H and O–H groups in total. The molecule has 0 saturated heterocycles. The molecule has 0 fully saturated rings. The van der Waals surface area contributed by atoms with Gasteiger partial charge in [-0.2, -0.15) is 0 Å². The molecule has 1 aromatic rings. The Bertz CT molecular complexity index is 347. The molecule has 0 aliphatic heterocycles. The lowest BCUT2D eigenvalue weighted by atomic mass is 10.2. The zero-order valence-corrected chi connectivity index (χ0v) is 13.0. The van der Waals surface area contributed by atoms with Crippen molar-refractivity contribution in [2.24, 2.45) is 5.73 Å². The van der Waals surface area contributed by atoms with Gasteiger partial charge in [0.25, 0.3) is 0 Å². The van der Waals surface area contributed by atoms with Crippen molar-refractivity contribution in [2.45, 2.75) is 39.3 Å². The molecule has 1 amide bonds. The standard InChI is InChI=1S/C13H21N3O.2ClH/c1-3-16(13(17)8-7-11(2)14)10-12-6-4-5-9-15-12;;/h4-6,9,11H,3,7-8,10,14H2,1-2H3;2*1H. The summed E-state index contributed by atoms with van der Waals surface area (Å²) in [5, 5.41) is 0. The van der Waals surface area contributed by atoms with E-state index < -0.39 is 0 Å². The zero-order valence-electron chi connectivity index (χ0n) is 11.4. The van der Waals surface area contributed by atoms with Crippen LogP contribution in [0.15, 0.2) is 24.4 Å². The highest BCUT2D eigenvalue weighted by Gasteiger charge is 2.12. The molecule has 0 aromatic carbocycles. The fourth-order valence-electron chi connectivity index (χ4n) is 1.57. The largest absolute Gasteiger partial charge is 0.337 e. The Balaban J connectivity index is 0. The van der Waals surface area contributed by atoms with Gasteiger partial charge in [0.1, 0.15) is 0 Å². The lowest BCUT2D eigenvalue weighted by Crippen LogP contribution is -2.31. The molecule has 1 rings (SSSR count). The highest BCUT2D eigenvalue weighted by Crippen LogP contribution is 2.05. The van der Waals surface area contributed by atoms with Crippen molar-refractivity contribution in [1.29, 1.82) is 0 Å². The van der Waals surface area contributed by atoms with Crippen molar-refractivity contribution in [1.82, 2.24) is 9.88 Å². The van der Waals surface area contributed by atoms with Crippen molar-refractivity contribution in [3.63, 3.8) is 0 Å². The molecule has 0 aliphatic rings. The Morgan fingerprint density at radius 1 is 1.42 bits per heavy atom. The van der Waals surface area contributed by atoms with E-state index >= 15 is 0 Å². The monoisotopic (exact) mass is 307 g/mol. The number of pyridine rings is 1. The Morgan fingerprint density at radius 2 is 2.11 bits per heavy atom. The molecule has 0 aliphatic carbocycles. The van der Waals surface area contributed by atoms with Crippen LogP contribution in [0, 0.1) is 0 Å². The van der Waals surface area contributed by atoms with Crippen molar-refractivity contribution in [3.8, 4) is 0 Å². The average molecular weight is 308 g/mol. The highest BCUT2D eigenvalue weighted by molar-refractivity contribution is 5.85. The summed E-state index contributed by atoms with van der Waals surface area (Å²) in [6, 6.07) is 5.81. The Labute approximate surface area is 127 Å². The summed E-state index contributed by atoms with van der Waals surface area (Å²) in [6.45, 7) is 5.18. The Kier molecular flexibility index (Phi) is 11.9. The molecule has 0 radical (unpaired) electrons. The minimum atomic E-state index is 0. The highest BCUT2D eigenvalue weighted by atomic mass is 35.5. The molecule has 110 valence electrons. The molecule has 6 heteroatoms. The third kappa shape index (κ3) is 8.03. The second kappa shape index (κ2) is 11.0. The predicted molar refractivity (Wildman–Crippen MR) is 82.7 cm³/mol.